The van der Waals surface area contributed by atoms with Crippen LogP contribution < -0.4 is 4.74 Å². The second-order valence-corrected chi connectivity index (χ2v) is 10.8. The van der Waals surface area contributed by atoms with Gasteiger partial charge >= 0.3 is 12.4 Å². The minimum Gasteiger partial charge on any atom is -0.480 e. The van der Waals surface area contributed by atoms with Crippen molar-refractivity contribution in [1.82, 2.24) is 14.9 Å². The van der Waals surface area contributed by atoms with Crippen LogP contribution in [0.15, 0.2) is 35.4 Å². The normalized spacial score (nSPS) is 23.1. The van der Waals surface area contributed by atoms with Gasteiger partial charge < -0.3 is 9.64 Å². The second kappa shape index (κ2) is 8.07. The first-order valence-electron chi connectivity index (χ1n) is 10.3. The van der Waals surface area contributed by atoms with Crippen molar-refractivity contribution in [3.63, 3.8) is 0 Å². The zero-order valence-corrected chi connectivity index (χ0v) is 19.1. The fourth-order valence-corrected chi connectivity index (χ4v) is 4.83. The molecule has 4 rings (SSSR count). The summed E-state index contributed by atoms with van der Waals surface area (Å²) in [5.74, 6) is -1.58. The lowest BCUT2D eigenvalue weighted by molar-refractivity contribution is -0.189. The van der Waals surface area contributed by atoms with Crippen molar-refractivity contribution in [2.45, 2.75) is 42.1 Å². The second-order valence-electron chi connectivity index (χ2n) is 8.74. The number of rotatable bonds is 5. The first-order chi connectivity index (χ1) is 16.0. The molecule has 1 aromatic carbocycles. The molecule has 1 aromatic heterocycles. The average Bonchev–Trinajstić information content (AvgIpc) is 3.32. The zero-order valence-electron chi connectivity index (χ0n) is 18.3. The van der Waals surface area contributed by atoms with Gasteiger partial charge in [0.25, 0.3) is 5.91 Å². The van der Waals surface area contributed by atoms with Crippen molar-refractivity contribution >= 4 is 15.7 Å². The van der Waals surface area contributed by atoms with Crippen LogP contribution in [-0.4, -0.2) is 60.8 Å². The molecule has 2 fully saturated rings. The van der Waals surface area contributed by atoms with Gasteiger partial charge in [0.2, 0.25) is 0 Å². The highest BCUT2D eigenvalue weighted by atomic mass is 32.2. The van der Waals surface area contributed by atoms with Crippen molar-refractivity contribution in [3.8, 4) is 5.75 Å². The predicted molar refractivity (Wildman–Crippen MR) is 108 cm³/mol. The quantitative estimate of drug-likeness (QED) is 0.556. The lowest BCUT2D eigenvalue weighted by Crippen LogP contribution is -2.35. The number of likely N-dealkylation sites (tertiary alicyclic amines) is 1. The lowest BCUT2D eigenvalue weighted by Gasteiger charge is -2.24. The van der Waals surface area contributed by atoms with E-state index in [4.69, 9.17) is 4.74 Å². The number of amides is 1. The Morgan fingerprint density at radius 1 is 1.20 bits per heavy atom. The molecule has 35 heavy (non-hydrogen) atoms. The van der Waals surface area contributed by atoms with Gasteiger partial charge in [0.15, 0.2) is 15.9 Å². The molecular weight excluding hydrogens is 504 g/mol. The fourth-order valence-electron chi connectivity index (χ4n) is 4.18. The number of hydrogen-bond acceptors (Lipinski definition) is 6. The SMILES string of the molecule is C[C@@H](Oc1ccc(S(C)(=O)=O)cc1C(=O)N1CC2CC2(c2nccc(C(F)(F)F)n2)C1)C(F)(F)F. The van der Waals surface area contributed by atoms with E-state index >= 15 is 0 Å². The Balaban J connectivity index is 1.65. The van der Waals surface area contributed by atoms with E-state index in [2.05, 4.69) is 9.97 Å². The Hall–Kier alpha value is -2.90. The number of sulfone groups is 1. The van der Waals surface area contributed by atoms with E-state index in [1.54, 1.807) is 0 Å². The maximum absolute atomic E-state index is 13.3. The lowest BCUT2D eigenvalue weighted by atomic mass is 10.1. The summed E-state index contributed by atoms with van der Waals surface area (Å²) in [6.45, 7) is 0.759. The number of nitrogens with zero attached hydrogens (tertiary/aromatic N) is 3. The van der Waals surface area contributed by atoms with Crippen molar-refractivity contribution in [2.75, 3.05) is 19.3 Å². The first-order valence-corrected chi connectivity index (χ1v) is 12.2. The number of carbonyl (C=O) groups is 1. The zero-order chi connectivity index (χ0) is 26.0. The van der Waals surface area contributed by atoms with Crippen LogP contribution in [0.2, 0.25) is 0 Å². The number of ether oxygens (including phenoxy) is 1. The van der Waals surface area contributed by atoms with Crippen LogP contribution in [0, 0.1) is 5.92 Å². The van der Waals surface area contributed by atoms with Crippen LogP contribution in [0.25, 0.3) is 0 Å². The highest BCUT2D eigenvalue weighted by Crippen LogP contribution is 2.58. The third-order valence-corrected chi connectivity index (χ3v) is 7.31. The number of piperidine rings is 1. The molecule has 3 atom stereocenters. The third-order valence-electron chi connectivity index (χ3n) is 6.20. The molecule has 2 aromatic rings. The molecule has 1 saturated carbocycles. The first kappa shape index (κ1) is 25.2. The summed E-state index contributed by atoms with van der Waals surface area (Å²) in [7, 11) is -3.81. The van der Waals surface area contributed by atoms with Gasteiger partial charge in [0, 0.05) is 25.5 Å². The standard InChI is InChI=1S/C21H19F6N3O4S/c1-11(20(22,23)24)34-15-4-3-13(35(2,32)33)7-14(15)17(31)30-9-12-8-19(12,10-30)18-28-6-5-16(29-18)21(25,26)27/h3-7,11-12H,8-10H2,1-2H3/t11-,12?,19?/m1/s1. The Morgan fingerprint density at radius 3 is 2.49 bits per heavy atom. The molecule has 1 aliphatic heterocycles. The fraction of sp³-hybridized carbons (Fsp3) is 0.476. The summed E-state index contributed by atoms with van der Waals surface area (Å²) in [5.41, 5.74) is -2.43. The van der Waals surface area contributed by atoms with Gasteiger partial charge in [-0.25, -0.2) is 18.4 Å². The molecule has 2 heterocycles. The summed E-state index contributed by atoms with van der Waals surface area (Å²) >= 11 is 0. The van der Waals surface area contributed by atoms with Crippen LogP contribution in [0.5, 0.6) is 5.75 Å². The van der Waals surface area contributed by atoms with Gasteiger partial charge in [-0.3, -0.25) is 4.79 Å². The molecule has 1 aliphatic carbocycles. The van der Waals surface area contributed by atoms with Crippen molar-refractivity contribution in [1.29, 1.82) is 0 Å². The summed E-state index contributed by atoms with van der Waals surface area (Å²) < 4.78 is 107. The molecule has 14 heteroatoms. The van der Waals surface area contributed by atoms with Gasteiger partial charge in [0.05, 0.1) is 15.9 Å². The molecule has 2 unspecified atom stereocenters. The molecule has 0 bridgehead atoms. The van der Waals surface area contributed by atoms with Gasteiger partial charge in [-0.05, 0) is 43.5 Å². The average molecular weight is 523 g/mol. The topological polar surface area (TPSA) is 89.5 Å². The van der Waals surface area contributed by atoms with E-state index in [0.717, 1.165) is 43.6 Å². The maximum atomic E-state index is 13.3. The molecule has 190 valence electrons. The summed E-state index contributed by atoms with van der Waals surface area (Å²) in [6, 6.07) is 3.68. The molecule has 1 amide bonds. The highest BCUT2D eigenvalue weighted by molar-refractivity contribution is 7.90. The van der Waals surface area contributed by atoms with Crippen LogP contribution in [-0.2, 0) is 21.4 Å². The minimum atomic E-state index is -4.74. The summed E-state index contributed by atoms with van der Waals surface area (Å²) in [4.78, 5) is 21.8. The number of halogens is 6. The molecule has 7 nitrogen and oxygen atoms in total. The van der Waals surface area contributed by atoms with E-state index in [0.29, 0.717) is 6.42 Å². The number of fused-ring (bicyclic) bond motifs is 1. The van der Waals surface area contributed by atoms with Crippen molar-refractivity contribution in [2.24, 2.45) is 5.92 Å². The van der Waals surface area contributed by atoms with E-state index < -0.39 is 56.6 Å². The highest BCUT2D eigenvalue weighted by Gasteiger charge is 2.64. The number of benzene rings is 1. The van der Waals surface area contributed by atoms with Gasteiger partial charge in [-0.15, -0.1) is 0 Å². The van der Waals surface area contributed by atoms with E-state index in [9.17, 15) is 39.6 Å². The predicted octanol–water partition coefficient (Wildman–Crippen LogP) is 3.64. The Bertz CT molecular complexity index is 1280. The molecule has 0 radical (unpaired) electrons. The largest absolute Gasteiger partial charge is 0.480 e. The number of carbonyl (C=O) groups excluding carboxylic acids is 1. The molecule has 1 saturated heterocycles. The molecule has 0 spiro atoms. The van der Waals surface area contributed by atoms with E-state index in [-0.39, 0.29) is 29.7 Å². The van der Waals surface area contributed by atoms with Crippen molar-refractivity contribution in [3.05, 3.63) is 47.5 Å². The van der Waals surface area contributed by atoms with E-state index in [1.165, 1.54) is 4.90 Å². The monoisotopic (exact) mass is 523 g/mol. The van der Waals surface area contributed by atoms with Crippen LogP contribution in [0.3, 0.4) is 0 Å². The minimum absolute atomic E-state index is 0.0697. The van der Waals surface area contributed by atoms with Crippen molar-refractivity contribution < 1.29 is 44.3 Å². The van der Waals surface area contributed by atoms with E-state index in [1.807, 2.05) is 0 Å². The van der Waals surface area contributed by atoms with Gasteiger partial charge in [-0.2, -0.15) is 26.3 Å². The molecule has 2 aliphatic rings. The van der Waals surface area contributed by atoms with Gasteiger partial charge in [0.1, 0.15) is 17.3 Å². The van der Waals surface area contributed by atoms with Crippen LogP contribution in [0.4, 0.5) is 26.3 Å². The summed E-state index contributed by atoms with van der Waals surface area (Å²) in [6.07, 6.45) is -9.40. The smallest absolute Gasteiger partial charge is 0.433 e. The van der Waals surface area contributed by atoms with Crippen LogP contribution in [0.1, 0.15) is 35.2 Å². The Labute approximate surface area is 196 Å². The Kier molecular flexibility index (Phi) is 5.81. The molecular formula is C21H19F6N3O4S. The summed E-state index contributed by atoms with van der Waals surface area (Å²) in [5, 5.41) is 0. The number of alkyl halides is 6. The van der Waals surface area contributed by atoms with Crippen LogP contribution >= 0.6 is 0 Å². The number of aromatic nitrogens is 2. The maximum Gasteiger partial charge on any atom is 0.433 e. The van der Waals surface area contributed by atoms with Gasteiger partial charge in [-0.1, -0.05) is 0 Å². The third kappa shape index (κ3) is 4.80. The Morgan fingerprint density at radius 2 is 1.89 bits per heavy atom. The number of hydrogen-bond donors (Lipinski definition) is 0. The molecule has 0 N–H and O–H groups in total.